The second-order valence-electron chi connectivity index (χ2n) is 7.33. The van der Waals surface area contributed by atoms with E-state index < -0.39 is 35.3 Å². The molecule has 7 nitrogen and oxygen atoms in total. The number of ether oxygens (including phenoxy) is 2. The Balaban J connectivity index is 2.26. The fourth-order valence-electron chi connectivity index (χ4n) is 2.35. The Bertz CT molecular complexity index is 901. The molecular weight excluding hydrogens is 391 g/mol. The minimum atomic E-state index is -4.52. The van der Waals surface area contributed by atoms with Crippen molar-refractivity contribution < 1.29 is 32.2 Å². The van der Waals surface area contributed by atoms with Gasteiger partial charge in [-0.15, -0.1) is 0 Å². The standard InChI is InChI=1S/C19H22F3N3O4/c1-11(16(26)23-18(2,3)4)29-17(27)15-14(28-5)10-25(24-15)13-8-6-7-12(9-13)19(20,21)22/h6-11H,1-5H3,(H,23,26)/t11-/m1/s1. The lowest BCUT2D eigenvalue weighted by Gasteiger charge is -2.23. The van der Waals surface area contributed by atoms with E-state index in [1.807, 2.05) is 0 Å². The summed E-state index contributed by atoms with van der Waals surface area (Å²) in [5.41, 5.74) is -1.56. The largest absolute Gasteiger partial charge is 0.493 e. The molecule has 1 aromatic carbocycles. The van der Waals surface area contributed by atoms with Crippen LogP contribution in [0.3, 0.4) is 0 Å². The van der Waals surface area contributed by atoms with Crippen LogP contribution in [-0.2, 0) is 15.7 Å². The molecule has 0 aliphatic rings. The summed E-state index contributed by atoms with van der Waals surface area (Å²) in [7, 11) is 1.28. The molecule has 0 saturated heterocycles. The fraction of sp³-hybridized carbons (Fsp3) is 0.421. The Morgan fingerprint density at radius 2 is 1.86 bits per heavy atom. The molecule has 1 heterocycles. The van der Waals surface area contributed by atoms with Crippen LogP contribution in [0.2, 0.25) is 0 Å². The molecule has 1 atom stereocenters. The predicted octanol–water partition coefficient (Wildman–Crippen LogP) is 3.36. The molecule has 2 rings (SSSR count). The third-order valence-corrected chi connectivity index (χ3v) is 3.68. The van der Waals surface area contributed by atoms with Gasteiger partial charge in [-0.2, -0.15) is 18.3 Å². The minimum Gasteiger partial charge on any atom is -0.493 e. The van der Waals surface area contributed by atoms with Crippen LogP contribution in [0.25, 0.3) is 5.69 Å². The second kappa shape index (κ2) is 8.14. The van der Waals surface area contributed by atoms with E-state index in [0.717, 1.165) is 16.8 Å². The lowest BCUT2D eigenvalue weighted by Crippen LogP contribution is -2.46. The Morgan fingerprint density at radius 3 is 2.41 bits per heavy atom. The first-order valence-electron chi connectivity index (χ1n) is 8.66. The summed E-state index contributed by atoms with van der Waals surface area (Å²) in [6, 6.07) is 4.44. The van der Waals surface area contributed by atoms with E-state index in [1.165, 1.54) is 32.4 Å². The van der Waals surface area contributed by atoms with Crippen LogP contribution in [0.4, 0.5) is 13.2 Å². The van der Waals surface area contributed by atoms with Gasteiger partial charge in [0.15, 0.2) is 11.9 Å². The molecule has 0 bridgehead atoms. The highest BCUT2D eigenvalue weighted by Crippen LogP contribution is 2.31. The van der Waals surface area contributed by atoms with Crippen molar-refractivity contribution in [3.05, 3.63) is 41.7 Å². The summed E-state index contributed by atoms with van der Waals surface area (Å²) in [5.74, 6) is -1.44. The third kappa shape index (κ3) is 5.72. The highest BCUT2D eigenvalue weighted by molar-refractivity contribution is 5.93. The maximum atomic E-state index is 12.9. The van der Waals surface area contributed by atoms with Gasteiger partial charge in [-0.25, -0.2) is 9.48 Å². The number of alkyl halides is 3. The van der Waals surface area contributed by atoms with Gasteiger partial charge in [0.2, 0.25) is 5.69 Å². The number of methoxy groups -OCH3 is 1. The number of amides is 1. The van der Waals surface area contributed by atoms with Crippen LogP contribution in [0, 0.1) is 0 Å². The third-order valence-electron chi connectivity index (χ3n) is 3.68. The number of esters is 1. The summed E-state index contributed by atoms with van der Waals surface area (Å²) < 4.78 is 50.1. The monoisotopic (exact) mass is 413 g/mol. The average Bonchev–Trinajstić information content (AvgIpc) is 3.04. The summed E-state index contributed by atoms with van der Waals surface area (Å²) in [6.07, 6.45) is -4.37. The molecule has 2 aromatic rings. The number of aromatic nitrogens is 2. The van der Waals surface area contributed by atoms with Crippen LogP contribution < -0.4 is 10.1 Å². The number of halogens is 3. The van der Waals surface area contributed by atoms with E-state index in [-0.39, 0.29) is 17.1 Å². The summed E-state index contributed by atoms with van der Waals surface area (Å²) in [4.78, 5) is 24.5. The Kier molecular flexibility index (Phi) is 6.24. The van der Waals surface area contributed by atoms with E-state index in [0.29, 0.717) is 0 Å². The zero-order valence-corrected chi connectivity index (χ0v) is 16.6. The van der Waals surface area contributed by atoms with E-state index >= 15 is 0 Å². The zero-order chi connectivity index (χ0) is 22.0. The van der Waals surface area contributed by atoms with Crippen molar-refractivity contribution in [2.24, 2.45) is 0 Å². The number of hydrogen-bond acceptors (Lipinski definition) is 5. The number of nitrogens with zero attached hydrogens (tertiary/aromatic N) is 2. The number of benzene rings is 1. The lowest BCUT2D eigenvalue weighted by atomic mass is 10.1. The normalized spacial score (nSPS) is 13.0. The number of nitrogens with one attached hydrogen (secondary N) is 1. The van der Waals surface area contributed by atoms with Gasteiger partial charge >= 0.3 is 12.1 Å². The van der Waals surface area contributed by atoms with Crippen molar-refractivity contribution in [1.29, 1.82) is 0 Å². The Morgan fingerprint density at radius 1 is 1.21 bits per heavy atom. The first-order chi connectivity index (χ1) is 13.3. The van der Waals surface area contributed by atoms with Crippen LogP contribution in [0.1, 0.15) is 43.7 Å². The number of rotatable bonds is 5. The molecule has 1 amide bonds. The van der Waals surface area contributed by atoms with Crippen molar-refractivity contribution in [3.8, 4) is 11.4 Å². The fourth-order valence-corrected chi connectivity index (χ4v) is 2.35. The maximum Gasteiger partial charge on any atom is 0.416 e. The smallest absolute Gasteiger partial charge is 0.416 e. The van der Waals surface area contributed by atoms with Crippen molar-refractivity contribution in [2.45, 2.75) is 45.5 Å². The minimum absolute atomic E-state index is 0.00385. The SMILES string of the molecule is COc1cn(-c2cccc(C(F)(F)F)c2)nc1C(=O)O[C@H](C)C(=O)NC(C)(C)C. The molecule has 1 aromatic heterocycles. The van der Waals surface area contributed by atoms with Gasteiger partial charge in [0.25, 0.3) is 5.91 Å². The number of carbonyl (C=O) groups excluding carboxylic acids is 2. The molecule has 0 unspecified atom stereocenters. The van der Waals surface area contributed by atoms with Gasteiger partial charge in [0.05, 0.1) is 24.6 Å². The van der Waals surface area contributed by atoms with Crippen molar-refractivity contribution in [3.63, 3.8) is 0 Å². The second-order valence-corrected chi connectivity index (χ2v) is 7.33. The van der Waals surface area contributed by atoms with Gasteiger partial charge in [-0.1, -0.05) is 6.07 Å². The van der Waals surface area contributed by atoms with Crippen LogP contribution in [0.5, 0.6) is 5.75 Å². The van der Waals surface area contributed by atoms with Gasteiger partial charge in [0, 0.05) is 5.54 Å². The summed E-state index contributed by atoms with van der Waals surface area (Å²) in [5, 5.41) is 6.66. The van der Waals surface area contributed by atoms with E-state index in [4.69, 9.17) is 9.47 Å². The van der Waals surface area contributed by atoms with E-state index in [9.17, 15) is 22.8 Å². The lowest BCUT2D eigenvalue weighted by molar-refractivity contribution is -0.137. The van der Waals surface area contributed by atoms with Crippen LogP contribution >= 0.6 is 0 Å². The van der Waals surface area contributed by atoms with E-state index in [1.54, 1.807) is 20.8 Å². The first kappa shape index (κ1) is 22.3. The highest BCUT2D eigenvalue weighted by atomic mass is 19.4. The van der Waals surface area contributed by atoms with Gasteiger partial charge in [-0.3, -0.25) is 4.79 Å². The van der Waals surface area contributed by atoms with Crippen LogP contribution in [-0.4, -0.2) is 40.4 Å². The molecule has 10 heteroatoms. The summed E-state index contributed by atoms with van der Waals surface area (Å²) in [6.45, 7) is 6.73. The molecule has 0 fully saturated rings. The summed E-state index contributed by atoms with van der Waals surface area (Å²) >= 11 is 0. The maximum absolute atomic E-state index is 12.9. The van der Waals surface area contributed by atoms with Gasteiger partial charge in [0.1, 0.15) is 0 Å². The topological polar surface area (TPSA) is 82.5 Å². The molecular formula is C19H22F3N3O4. The molecule has 0 aliphatic heterocycles. The molecule has 158 valence electrons. The van der Waals surface area contributed by atoms with Gasteiger partial charge in [-0.05, 0) is 45.9 Å². The zero-order valence-electron chi connectivity index (χ0n) is 16.6. The van der Waals surface area contributed by atoms with E-state index in [2.05, 4.69) is 10.4 Å². The van der Waals surface area contributed by atoms with Crippen LogP contribution in [0.15, 0.2) is 30.5 Å². The molecule has 29 heavy (non-hydrogen) atoms. The van der Waals surface area contributed by atoms with Crippen molar-refractivity contribution in [1.82, 2.24) is 15.1 Å². The first-order valence-corrected chi connectivity index (χ1v) is 8.66. The quantitative estimate of drug-likeness (QED) is 0.760. The molecule has 0 saturated carbocycles. The van der Waals surface area contributed by atoms with Crippen molar-refractivity contribution in [2.75, 3.05) is 7.11 Å². The molecule has 0 spiro atoms. The average molecular weight is 413 g/mol. The molecule has 1 N–H and O–H groups in total. The van der Waals surface area contributed by atoms with Crippen molar-refractivity contribution >= 4 is 11.9 Å². The molecule has 0 aliphatic carbocycles. The number of hydrogen-bond donors (Lipinski definition) is 1. The molecule has 0 radical (unpaired) electrons. The van der Waals surface area contributed by atoms with Gasteiger partial charge < -0.3 is 14.8 Å². The number of carbonyl (C=O) groups is 2. The Labute approximate surface area is 165 Å². The highest BCUT2D eigenvalue weighted by Gasteiger charge is 2.31. The Hall–Kier alpha value is -3.04. The predicted molar refractivity (Wildman–Crippen MR) is 97.9 cm³/mol.